The maximum atomic E-state index is 12.4. The van der Waals surface area contributed by atoms with E-state index in [1.54, 1.807) is 0 Å². The fraction of sp³-hybridized carbons (Fsp3) is 0.250. The molecule has 0 aliphatic rings. The van der Waals surface area contributed by atoms with Gasteiger partial charge in [0.1, 0.15) is 4.90 Å². The molecule has 0 saturated carbocycles. The van der Waals surface area contributed by atoms with E-state index in [1.165, 1.54) is 44.0 Å². The summed E-state index contributed by atoms with van der Waals surface area (Å²) in [4.78, 5) is 11.8. The fourth-order valence-corrected chi connectivity index (χ4v) is 2.57. The number of anilines is 1. The van der Waals surface area contributed by atoms with Crippen molar-refractivity contribution in [1.82, 2.24) is 15.0 Å². The molecule has 106 valence electrons. The minimum atomic E-state index is -3.71. The lowest BCUT2D eigenvalue weighted by Gasteiger charge is -2.17. The predicted octanol–water partition coefficient (Wildman–Crippen LogP) is 1.10. The third-order valence-corrected chi connectivity index (χ3v) is 4.28. The van der Waals surface area contributed by atoms with Gasteiger partial charge in [0.15, 0.2) is 5.82 Å². The summed E-state index contributed by atoms with van der Waals surface area (Å²) in [6.07, 6.45) is 5.53. The second kappa shape index (κ2) is 5.83. The first-order valence-electron chi connectivity index (χ1n) is 5.89. The van der Waals surface area contributed by atoms with E-state index in [1.807, 2.05) is 6.92 Å². The van der Waals surface area contributed by atoms with E-state index < -0.39 is 10.0 Å². The molecule has 0 N–H and O–H groups in total. The molecule has 2 aromatic heterocycles. The predicted molar refractivity (Wildman–Crippen MR) is 73.0 cm³/mol. The van der Waals surface area contributed by atoms with Crippen LogP contribution in [0.2, 0.25) is 0 Å². The van der Waals surface area contributed by atoms with Crippen LogP contribution in [0.5, 0.6) is 5.88 Å². The molecule has 0 aliphatic heterocycles. The van der Waals surface area contributed by atoms with Gasteiger partial charge < -0.3 is 4.74 Å². The van der Waals surface area contributed by atoms with Crippen molar-refractivity contribution >= 4 is 15.8 Å². The van der Waals surface area contributed by atoms with Crippen LogP contribution in [-0.2, 0) is 10.0 Å². The molecule has 0 spiro atoms. The molecule has 0 bridgehead atoms. The van der Waals surface area contributed by atoms with Gasteiger partial charge in [-0.1, -0.05) is 0 Å². The highest BCUT2D eigenvalue weighted by Crippen LogP contribution is 2.19. The van der Waals surface area contributed by atoms with Crippen LogP contribution in [0.1, 0.15) is 6.92 Å². The number of hydrogen-bond donors (Lipinski definition) is 0. The monoisotopic (exact) mass is 294 g/mol. The number of pyridine rings is 1. The van der Waals surface area contributed by atoms with E-state index in [-0.39, 0.29) is 10.7 Å². The minimum absolute atomic E-state index is 0.0640. The van der Waals surface area contributed by atoms with Crippen LogP contribution in [0, 0.1) is 0 Å². The number of nitrogens with zero attached hydrogens (tertiary/aromatic N) is 4. The lowest BCUT2D eigenvalue weighted by atomic mass is 10.5. The fourth-order valence-electron chi connectivity index (χ4n) is 1.49. The Bertz CT molecular complexity index is 659. The summed E-state index contributed by atoms with van der Waals surface area (Å²) < 4.78 is 31.0. The summed E-state index contributed by atoms with van der Waals surface area (Å²) in [6.45, 7) is 2.30. The Hall–Kier alpha value is -2.22. The molecule has 0 unspecified atom stereocenters. The van der Waals surface area contributed by atoms with Gasteiger partial charge in [0.25, 0.3) is 10.0 Å². The molecular weight excluding hydrogens is 280 g/mol. The first-order valence-corrected chi connectivity index (χ1v) is 7.33. The first-order chi connectivity index (χ1) is 9.55. The van der Waals surface area contributed by atoms with Gasteiger partial charge in [-0.2, -0.15) is 0 Å². The summed E-state index contributed by atoms with van der Waals surface area (Å²) in [7, 11) is -2.30. The standard InChI is InChI=1S/C12H14N4O3S/c1-3-19-12-5-4-10(8-15-12)20(17,18)16(2)11-9-13-6-7-14-11/h4-9H,3H2,1-2H3. The van der Waals surface area contributed by atoms with E-state index in [0.717, 1.165) is 4.31 Å². The van der Waals surface area contributed by atoms with Crippen molar-refractivity contribution < 1.29 is 13.2 Å². The largest absolute Gasteiger partial charge is 0.478 e. The topological polar surface area (TPSA) is 85.3 Å². The second-order valence-electron chi connectivity index (χ2n) is 3.80. The van der Waals surface area contributed by atoms with Crippen molar-refractivity contribution in [3.63, 3.8) is 0 Å². The SMILES string of the molecule is CCOc1ccc(S(=O)(=O)N(C)c2cnccn2)cn1. The molecule has 2 rings (SSSR count). The Balaban J connectivity index is 2.30. The zero-order chi connectivity index (χ0) is 14.6. The highest BCUT2D eigenvalue weighted by atomic mass is 32.2. The Morgan fingerprint density at radius 2 is 2.00 bits per heavy atom. The van der Waals surface area contributed by atoms with Gasteiger partial charge in [0.05, 0.1) is 19.0 Å². The number of aromatic nitrogens is 3. The number of sulfonamides is 1. The smallest absolute Gasteiger partial charge is 0.266 e. The summed E-state index contributed by atoms with van der Waals surface area (Å²) in [6, 6.07) is 2.96. The van der Waals surface area contributed by atoms with Crippen LogP contribution < -0.4 is 9.04 Å². The molecule has 7 nitrogen and oxygen atoms in total. The summed E-state index contributed by atoms with van der Waals surface area (Å²) >= 11 is 0. The quantitative estimate of drug-likeness (QED) is 0.820. The lowest BCUT2D eigenvalue weighted by Crippen LogP contribution is -2.27. The summed E-state index contributed by atoms with van der Waals surface area (Å²) in [5.74, 6) is 0.620. The Morgan fingerprint density at radius 1 is 1.20 bits per heavy atom. The van der Waals surface area contributed by atoms with Crippen LogP contribution in [0.15, 0.2) is 41.8 Å². The molecular formula is C12H14N4O3S. The van der Waals surface area contributed by atoms with Gasteiger partial charge in [-0.05, 0) is 13.0 Å². The molecule has 0 aromatic carbocycles. The van der Waals surface area contributed by atoms with Crippen LogP contribution in [-0.4, -0.2) is 37.0 Å². The van der Waals surface area contributed by atoms with E-state index in [0.29, 0.717) is 12.5 Å². The minimum Gasteiger partial charge on any atom is -0.478 e. The molecule has 8 heteroatoms. The summed E-state index contributed by atoms with van der Waals surface area (Å²) in [5, 5.41) is 0. The maximum Gasteiger partial charge on any atom is 0.266 e. The average Bonchev–Trinajstić information content (AvgIpc) is 2.48. The zero-order valence-electron chi connectivity index (χ0n) is 11.1. The Morgan fingerprint density at radius 3 is 2.55 bits per heavy atom. The van der Waals surface area contributed by atoms with Crippen LogP contribution in [0.4, 0.5) is 5.82 Å². The van der Waals surface area contributed by atoms with Crippen molar-refractivity contribution in [2.45, 2.75) is 11.8 Å². The van der Waals surface area contributed by atoms with Crippen molar-refractivity contribution in [3.8, 4) is 5.88 Å². The Labute approximate surface area is 117 Å². The van der Waals surface area contributed by atoms with Crippen molar-refractivity contribution in [2.24, 2.45) is 0 Å². The Kier molecular flexibility index (Phi) is 4.14. The molecule has 0 atom stereocenters. The average molecular weight is 294 g/mol. The van der Waals surface area contributed by atoms with E-state index >= 15 is 0 Å². The lowest BCUT2D eigenvalue weighted by molar-refractivity contribution is 0.326. The third kappa shape index (κ3) is 2.85. The van der Waals surface area contributed by atoms with Gasteiger partial charge in [-0.3, -0.25) is 9.29 Å². The molecule has 2 heterocycles. The molecule has 0 saturated heterocycles. The second-order valence-corrected chi connectivity index (χ2v) is 5.77. The van der Waals surface area contributed by atoms with Crippen molar-refractivity contribution in [2.75, 3.05) is 18.0 Å². The number of rotatable bonds is 5. The van der Waals surface area contributed by atoms with Gasteiger partial charge in [-0.15, -0.1) is 0 Å². The van der Waals surface area contributed by atoms with Gasteiger partial charge >= 0.3 is 0 Å². The van der Waals surface area contributed by atoms with Crippen LogP contribution in [0.3, 0.4) is 0 Å². The van der Waals surface area contributed by atoms with Gasteiger partial charge in [0.2, 0.25) is 5.88 Å². The first kappa shape index (κ1) is 14.2. The maximum absolute atomic E-state index is 12.4. The van der Waals surface area contributed by atoms with Gasteiger partial charge in [-0.25, -0.2) is 18.4 Å². The van der Waals surface area contributed by atoms with E-state index in [4.69, 9.17) is 4.74 Å². The molecule has 2 aromatic rings. The molecule has 0 amide bonds. The highest BCUT2D eigenvalue weighted by molar-refractivity contribution is 7.92. The number of ether oxygens (including phenoxy) is 1. The van der Waals surface area contributed by atoms with Gasteiger partial charge in [0, 0.05) is 25.5 Å². The molecule has 20 heavy (non-hydrogen) atoms. The number of hydrogen-bond acceptors (Lipinski definition) is 6. The van der Waals surface area contributed by atoms with E-state index in [2.05, 4.69) is 15.0 Å². The third-order valence-electron chi connectivity index (χ3n) is 2.53. The van der Waals surface area contributed by atoms with Crippen LogP contribution >= 0.6 is 0 Å². The van der Waals surface area contributed by atoms with Crippen molar-refractivity contribution in [3.05, 3.63) is 36.9 Å². The highest BCUT2D eigenvalue weighted by Gasteiger charge is 2.22. The van der Waals surface area contributed by atoms with Crippen molar-refractivity contribution in [1.29, 1.82) is 0 Å². The normalized spacial score (nSPS) is 11.1. The molecule has 0 aliphatic carbocycles. The zero-order valence-corrected chi connectivity index (χ0v) is 11.9. The summed E-state index contributed by atoms with van der Waals surface area (Å²) in [5.41, 5.74) is 0. The molecule has 0 radical (unpaired) electrons. The van der Waals surface area contributed by atoms with E-state index in [9.17, 15) is 8.42 Å². The molecule has 0 fully saturated rings. The van der Waals surface area contributed by atoms with Crippen LogP contribution in [0.25, 0.3) is 0 Å².